The molecule has 0 aromatic heterocycles. The van der Waals surface area contributed by atoms with Crippen LogP contribution in [-0.2, 0) is 10.0 Å². The number of nitrogens with zero attached hydrogens (tertiary/aromatic N) is 1. The van der Waals surface area contributed by atoms with E-state index in [2.05, 4.69) is 4.72 Å². The monoisotopic (exact) mass is 292 g/mol. The number of halogens is 1. The number of aliphatic hydroxyl groups excluding tert-OH is 1. The molecule has 0 aliphatic heterocycles. The zero-order chi connectivity index (χ0) is 14.6. The number of nitrogens with one attached hydrogen (secondary N) is 1. The van der Waals surface area contributed by atoms with Gasteiger partial charge in [0.05, 0.1) is 11.0 Å². The molecule has 0 aliphatic carbocycles. The molecule has 1 atom stereocenters. The van der Waals surface area contributed by atoms with Crippen LogP contribution in [0.25, 0.3) is 0 Å². The van der Waals surface area contributed by atoms with Crippen LogP contribution in [0.4, 0.5) is 10.1 Å². The summed E-state index contributed by atoms with van der Waals surface area (Å²) in [7, 11) is -4.11. The first kappa shape index (κ1) is 15.5. The summed E-state index contributed by atoms with van der Waals surface area (Å²) in [5.41, 5.74) is -0.528. The lowest BCUT2D eigenvalue weighted by molar-refractivity contribution is -0.385. The van der Waals surface area contributed by atoms with Gasteiger partial charge in [0, 0.05) is 18.7 Å². The molecule has 0 spiro atoms. The summed E-state index contributed by atoms with van der Waals surface area (Å²) < 4.78 is 39.4. The summed E-state index contributed by atoms with van der Waals surface area (Å²) in [5, 5.41) is 19.1. The van der Waals surface area contributed by atoms with Gasteiger partial charge in [-0.15, -0.1) is 0 Å². The van der Waals surface area contributed by atoms with Crippen molar-refractivity contribution in [3.63, 3.8) is 0 Å². The second-order valence-corrected chi connectivity index (χ2v) is 5.59. The number of nitro groups is 1. The molecule has 1 aromatic carbocycles. The molecule has 9 heteroatoms. The van der Waals surface area contributed by atoms with Crippen molar-refractivity contribution in [1.82, 2.24) is 4.72 Å². The van der Waals surface area contributed by atoms with Crippen molar-refractivity contribution >= 4 is 15.7 Å². The van der Waals surface area contributed by atoms with E-state index in [4.69, 9.17) is 5.11 Å². The van der Waals surface area contributed by atoms with Crippen molar-refractivity contribution in [3.8, 4) is 0 Å². The van der Waals surface area contributed by atoms with Crippen LogP contribution in [-0.4, -0.2) is 31.1 Å². The number of sulfonamides is 1. The molecule has 0 amide bonds. The van der Waals surface area contributed by atoms with Gasteiger partial charge < -0.3 is 5.11 Å². The van der Waals surface area contributed by atoms with E-state index in [-0.39, 0.29) is 13.0 Å². The van der Waals surface area contributed by atoms with E-state index < -0.39 is 37.4 Å². The maximum Gasteiger partial charge on any atom is 0.272 e. The topological polar surface area (TPSA) is 110 Å². The van der Waals surface area contributed by atoms with Crippen LogP contribution in [0.15, 0.2) is 23.1 Å². The maximum absolute atomic E-state index is 13.6. The Labute approximate surface area is 109 Å². The maximum atomic E-state index is 13.6. The minimum absolute atomic E-state index is 0.174. The summed E-state index contributed by atoms with van der Waals surface area (Å²) in [6, 6.07) is 1.71. The summed E-state index contributed by atoms with van der Waals surface area (Å²) in [4.78, 5) is 8.94. The Morgan fingerprint density at radius 2 is 2.16 bits per heavy atom. The predicted molar refractivity (Wildman–Crippen MR) is 64.5 cm³/mol. The zero-order valence-electron chi connectivity index (χ0n) is 10.0. The van der Waals surface area contributed by atoms with Gasteiger partial charge in [-0.1, -0.05) is 0 Å². The van der Waals surface area contributed by atoms with Gasteiger partial charge in [0.1, 0.15) is 10.7 Å². The number of aliphatic hydroxyl groups is 1. The third kappa shape index (κ3) is 3.94. The molecule has 0 bridgehead atoms. The third-order valence-corrected chi connectivity index (χ3v) is 3.96. The van der Waals surface area contributed by atoms with Crippen LogP contribution < -0.4 is 4.72 Å². The van der Waals surface area contributed by atoms with Gasteiger partial charge >= 0.3 is 0 Å². The standard InChI is InChI=1S/C10H13FN2O5S/c1-7(4-5-14)12-19(17,18)10-3-2-8(13(15)16)6-9(10)11/h2-3,6-7,12,14H,4-5H2,1H3. The highest BCUT2D eigenvalue weighted by Gasteiger charge is 2.23. The van der Waals surface area contributed by atoms with E-state index in [0.717, 1.165) is 12.1 Å². The number of rotatable bonds is 6. The van der Waals surface area contributed by atoms with E-state index in [1.165, 1.54) is 6.92 Å². The lowest BCUT2D eigenvalue weighted by atomic mass is 10.3. The Morgan fingerprint density at radius 1 is 1.53 bits per heavy atom. The van der Waals surface area contributed by atoms with E-state index in [9.17, 15) is 22.9 Å². The van der Waals surface area contributed by atoms with Crippen LogP contribution in [0, 0.1) is 15.9 Å². The molecular weight excluding hydrogens is 279 g/mol. The Balaban J connectivity index is 3.05. The van der Waals surface area contributed by atoms with Gasteiger partial charge in [-0.3, -0.25) is 10.1 Å². The molecule has 0 saturated carbocycles. The Bertz CT molecular complexity index is 575. The largest absolute Gasteiger partial charge is 0.396 e. The van der Waals surface area contributed by atoms with Crippen molar-refractivity contribution < 1.29 is 22.8 Å². The van der Waals surface area contributed by atoms with E-state index >= 15 is 0 Å². The van der Waals surface area contributed by atoms with Crippen LogP contribution >= 0.6 is 0 Å². The molecule has 0 saturated heterocycles. The third-order valence-electron chi connectivity index (χ3n) is 2.33. The number of hydrogen-bond acceptors (Lipinski definition) is 5. The SMILES string of the molecule is CC(CCO)NS(=O)(=O)c1ccc([N+](=O)[O-])cc1F. The smallest absolute Gasteiger partial charge is 0.272 e. The van der Waals surface area contributed by atoms with Crippen LogP contribution in [0.3, 0.4) is 0 Å². The van der Waals surface area contributed by atoms with Crippen molar-refractivity contribution in [2.24, 2.45) is 0 Å². The average Bonchev–Trinajstić information content (AvgIpc) is 2.27. The number of nitro benzene ring substituents is 1. The van der Waals surface area contributed by atoms with E-state index in [1.807, 2.05) is 0 Å². The normalized spacial score (nSPS) is 13.2. The first-order valence-electron chi connectivity index (χ1n) is 5.35. The summed E-state index contributed by atoms with van der Waals surface area (Å²) in [6.07, 6.45) is 0.174. The number of non-ortho nitro benzene ring substituents is 1. The molecule has 106 valence electrons. The average molecular weight is 292 g/mol. The molecular formula is C10H13FN2O5S. The summed E-state index contributed by atoms with van der Waals surface area (Å²) in [5.74, 6) is -1.20. The minimum Gasteiger partial charge on any atom is -0.396 e. The van der Waals surface area contributed by atoms with Gasteiger partial charge in [-0.25, -0.2) is 17.5 Å². The quantitative estimate of drug-likeness (QED) is 0.595. The first-order valence-corrected chi connectivity index (χ1v) is 6.83. The van der Waals surface area contributed by atoms with Gasteiger partial charge in [-0.2, -0.15) is 0 Å². The molecule has 19 heavy (non-hydrogen) atoms. The molecule has 0 fully saturated rings. The minimum atomic E-state index is -4.11. The van der Waals surface area contributed by atoms with E-state index in [1.54, 1.807) is 0 Å². The van der Waals surface area contributed by atoms with Crippen LogP contribution in [0.5, 0.6) is 0 Å². The summed E-state index contributed by atoms with van der Waals surface area (Å²) in [6.45, 7) is 1.30. The molecule has 0 heterocycles. The molecule has 2 N–H and O–H groups in total. The van der Waals surface area contributed by atoms with Crippen molar-refractivity contribution in [2.75, 3.05) is 6.61 Å². The fraction of sp³-hybridized carbons (Fsp3) is 0.400. The Kier molecular flexibility index (Phi) is 4.92. The molecule has 1 aromatic rings. The predicted octanol–water partition coefficient (Wildman–Crippen LogP) is 0.783. The second kappa shape index (κ2) is 6.04. The lowest BCUT2D eigenvalue weighted by Crippen LogP contribution is -2.33. The molecule has 1 unspecified atom stereocenters. The highest BCUT2D eigenvalue weighted by molar-refractivity contribution is 7.89. The Hall–Kier alpha value is -1.58. The fourth-order valence-corrected chi connectivity index (χ4v) is 2.74. The van der Waals surface area contributed by atoms with Gasteiger partial charge in [0.15, 0.2) is 0 Å². The second-order valence-electron chi connectivity index (χ2n) is 3.91. The Morgan fingerprint density at radius 3 is 2.63 bits per heavy atom. The van der Waals surface area contributed by atoms with E-state index in [0.29, 0.717) is 6.07 Å². The van der Waals surface area contributed by atoms with Gasteiger partial charge in [-0.05, 0) is 19.4 Å². The fourth-order valence-electron chi connectivity index (χ4n) is 1.40. The molecule has 0 aliphatic rings. The highest BCUT2D eigenvalue weighted by Crippen LogP contribution is 2.20. The zero-order valence-corrected chi connectivity index (χ0v) is 10.9. The van der Waals surface area contributed by atoms with Gasteiger partial charge in [0.25, 0.3) is 5.69 Å². The molecule has 7 nitrogen and oxygen atoms in total. The first-order chi connectivity index (χ1) is 8.77. The molecule has 1 rings (SSSR count). The number of benzene rings is 1. The van der Waals surface area contributed by atoms with Crippen LogP contribution in [0.1, 0.15) is 13.3 Å². The molecule has 0 radical (unpaired) electrons. The van der Waals surface area contributed by atoms with Crippen molar-refractivity contribution in [1.29, 1.82) is 0 Å². The van der Waals surface area contributed by atoms with Crippen molar-refractivity contribution in [2.45, 2.75) is 24.3 Å². The number of hydrogen-bond donors (Lipinski definition) is 2. The summed E-state index contributed by atoms with van der Waals surface area (Å²) >= 11 is 0. The van der Waals surface area contributed by atoms with Gasteiger partial charge in [0.2, 0.25) is 10.0 Å². The van der Waals surface area contributed by atoms with Crippen molar-refractivity contribution in [3.05, 3.63) is 34.1 Å². The highest BCUT2D eigenvalue weighted by atomic mass is 32.2. The van der Waals surface area contributed by atoms with Crippen LogP contribution in [0.2, 0.25) is 0 Å². The lowest BCUT2D eigenvalue weighted by Gasteiger charge is -2.13.